The molecule has 2 aromatic carbocycles. The van der Waals surface area contributed by atoms with E-state index in [0.717, 1.165) is 37.2 Å². The highest BCUT2D eigenvalue weighted by Crippen LogP contribution is 2.26. The van der Waals surface area contributed by atoms with E-state index in [4.69, 9.17) is 9.47 Å². The molecule has 1 heterocycles. The maximum absolute atomic E-state index is 13.8. The molecule has 1 saturated heterocycles. The third kappa shape index (κ3) is 6.34. The fourth-order valence-corrected chi connectivity index (χ4v) is 3.64. The van der Waals surface area contributed by atoms with Crippen molar-refractivity contribution in [2.45, 2.75) is 38.3 Å². The molecule has 0 bridgehead atoms. The van der Waals surface area contributed by atoms with Gasteiger partial charge in [0.15, 0.2) is 17.7 Å². The highest BCUT2D eigenvalue weighted by molar-refractivity contribution is 5.85. The van der Waals surface area contributed by atoms with Crippen LogP contribution in [0.3, 0.4) is 0 Å². The fraction of sp³-hybridized carbons (Fsp3) is 0.435. The number of nitrogens with zero attached hydrogens (tertiary/aromatic N) is 1. The summed E-state index contributed by atoms with van der Waals surface area (Å²) in [6, 6.07) is 14.2. The van der Waals surface area contributed by atoms with Gasteiger partial charge in [-0.25, -0.2) is 4.39 Å². The number of piperidine rings is 1. The number of amides is 1. The van der Waals surface area contributed by atoms with E-state index in [0.29, 0.717) is 6.54 Å². The van der Waals surface area contributed by atoms with Gasteiger partial charge in [-0.1, -0.05) is 30.7 Å². The van der Waals surface area contributed by atoms with Crippen LogP contribution in [0.5, 0.6) is 11.5 Å². The molecule has 2 atom stereocenters. The van der Waals surface area contributed by atoms with Crippen LogP contribution in [0, 0.1) is 5.82 Å². The van der Waals surface area contributed by atoms with E-state index in [9.17, 15) is 9.18 Å². The highest BCUT2D eigenvalue weighted by Gasteiger charge is 2.24. The van der Waals surface area contributed by atoms with E-state index in [2.05, 4.69) is 10.2 Å². The number of nitrogens with one attached hydrogen (secondary N) is 1. The lowest BCUT2D eigenvalue weighted by molar-refractivity contribution is -0.127. The summed E-state index contributed by atoms with van der Waals surface area (Å²) in [4.78, 5) is 15.0. The van der Waals surface area contributed by atoms with Gasteiger partial charge >= 0.3 is 0 Å². The second-order valence-electron chi connectivity index (χ2n) is 7.32. The zero-order chi connectivity index (χ0) is 20.6. The number of hydrogen-bond acceptors (Lipinski definition) is 4. The molecule has 7 heteroatoms. The summed E-state index contributed by atoms with van der Waals surface area (Å²) in [7, 11) is 1.65. The zero-order valence-corrected chi connectivity index (χ0v) is 18.3. The third-order valence-electron chi connectivity index (χ3n) is 5.31. The third-order valence-corrected chi connectivity index (χ3v) is 5.31. The highest BCUT2D eigenvalue weighted by atomic mass is 35.5. The molecule has 3 rings (SSSR count). The van der Waals surface area contributed by atoms with Crippen LogP contribution in [-0.4, -0.2) is 43.7 Å². The van der Waals surface area contributed by atoms with Gasteiger partial charge in [0.2, 0.25) is 0 Å². The number of rotatable bonds is 8. The van der Waals surface area contributed by atoms with E-state index in [1.54, 1.807) is 26.2 Å². The molecule has 1 N–H and O–H groups in total. The van der Waals surface area contributed by atoms with Crippen molar-refractivity contribution in [1.82, 2.24) is 10.2 Å². The number of halogens is 2. The number of carbonyl (C=O) groups is 1. The van der Waals surface area contributed by atoms with Gasteiger partial charge in [-0.2, -0.15) is 0 Å². The van der Waals surface area contributed by atoms with Gasteiger partial charge in [0.05, 0.1) is 13.2 Å². The number of carbonyl (C=O) groups excluding carboxylic acids is 1. The van der Waals surface area contributed by atoms with Crippen LogP contribution in [-0.2, 0) is 4.79 Å². The Morgan fingerprint density at radius 2 is 1.77 bits per heavy atom. The maximum atomic E-state index is 13.8. The van der Waals surface area contributed by atoms with Crippen molar-refractivity contribution in [1.29, 1.82) is 0 Å². The topological polar surface area (TPSA) is 50.8 Å². The molecule has 1 amide bonds. The van der Waals surface area contributed by atoms with Gasteiger partial charge in [0, 0.05) is 6.54 Å². The Morgan fingerprint density at radius 3 is 2.40 bits per heavy atom. The lowest BCUT2D eigenvalue weighted by atomic mass is 10.0. The Labute approximate surface area is 184 Å². The number of para-hydroxylation sites is 1. The second-order valence-corrected chi connectivity index (χ2v) is 7.32. The molecule has 1 fully saturated rings. The van der Waals surface area contributed by atoms with Crippen molar-refractivity contribution < 1.29 is 18.7 Å². The first-order chi connectivity index (χ1) is 14.1. The molecule has 164 valence electrons. The fourth-order valence-electron chi connectivity index (χ4n) is 3.64. The normalized spacial score (nSPS) is 16.1. The van der Waals surface area contributed by atoms with Crippen LogP contribution in [0.1, 0.15) is 37.8 Å². The quantitative estimate of drug-likeness (QED) is 0.667. The first-order valence-corrected chi connectivity index (χ1v) is 10.2. The summed E-state index contributed by atoms with van der Waals surface area (Å²) in [6.45, 7) is 4.11. The molecule has 30 heavy (non-hydrogen) atoms. The first kappa shape index (κ1) is 24.0. The summed E-state index contributed by atoms with van der Waals surface area (Å²) < 4.78 is 24.5. The number of benzene rings is 2. The van der Waals surface area contributed by atoms with Crippen LogP contribution >= 0.6 is 12.4 Å². The largest absolute Gasteiger partial charge is 0.497 e. The summed E-state index contributed by atoms with van der Waals surface area (Å²) in [5.41, 5.74) is 1.13. The number of methoxy groups -OCH3 is 1. The smallest absolute Gasteiger partial charge is 0.260 e. The van der Waals surface area contributed by atoms with Crippen molar-refractivity contribution in [3.63, 3.8) is 0 Å². The van der Waals surface area contributed by atoms with Gasteiger partial charge in [0.1, 0.15) is 5.75 Å². The minimum atomic E-state index is -0.787. The molecule has 0 radical (unpaired) electrons. The molecule has 0 saturated carbocycles. The lowest BCUT2D eigenvalue weighted by Gasteiger charge is -2.35. The van der Waals surface area contributed by atoms with Gasteiger partial charge in [-0.3, -0.25) is 9.69 Å². The van der Waals surface area contributed by atoms with Crippen molar-refractivity contribution >= 4 is 18.3 Å². The van der Waals surface area contributed by atoms with E-state index < -0.39 is 11.9 Å². The second kappa shape index (κ2) is 11.8. The molecule has 2 unspecified atom stereocenters. The Morgan fingerprint density at radius 1 is 1.10 bits per heavy atom. The van der Waals surface area contributed by atoms with E-state index in [1.807, 2.05) is 24.3 Å². The number of ether oxygens (including phenoxy) is 2. The molecule has 0 aliphatic carbocycles. The Kier molecular flexibility index (Phi) is 9.40. The number of hydrogen-bond donors (Lipinski definition) is 1. The van der Waals surface area contributed by atoms with Crippen LogP contribution in [0.2, 0.25) is 0 Å². The van der Waals surface area contributed by atoms with Gasteiger partial charge < -0.3 is 14.8 Å². The standard InChI is InChI=1S/C23H29FN2O3.ClH/c1-17(29-22-9-5-4-8-20(22)24)23(27)25-16-21(26-14-6-3-7-15-26)18-10-12-19(28-2)13-11-18;/h4-5,8-13,17,21H,3,6-7,14-16H2,1-2H3,(H,25,27);1H. The molecule has 5 nitrogen and oxygen atoms in total. The molecule has 0 spiro atoms. The van der Waals surface area contributed by atoms with Crippen molar-refractivity contribution in [2.24, 2.45) is 0 Å². The zero-order valence-electron chi connectivity index (χ0n) is 17.5. The summed E-state index contributed by atoms with van der Waals surface area (Å²) >= 11 is 0. The van der Waals surface area contributed by atoms with Crippen LogP contribution in [0.15, 0.2) is 48.5 Å². The summed E-state index contributed by atoms with van der Waals surface area (Å²) in [5.74, 6) is 0.153. The monoisotopic (exact) mass is 436 g/mol. The van der Waals surface area contributed by atoms with Crippen LogP contribution < -0.4 is 14.8 Å². The Hall–Kier alpha value is -2.31. The molecule has 2 aromatic rings. The van der Waals surface area contributed by atoms with Crippen LogP contribution in [0.25, 0.3) is 0 Å². The minimum Gasteiger partial charge on any atom is -0.497 e. The number of likely N-dealkylation sites (tertiary alicyclic amines) is 1. The molecular formula is C23H30ClFN2O3. The summed E-state index contributed by atoms with van der Waals surface area (Å²) in [6.07, 6.45) is 2.77. The molecule has 1 aliphatic rings. The average Bonchev–Trinajstić information content (AvgIpc) is 2.76. The van der Waals surface area contributed by atoms with Gasteiger partial charge in [0.25, 0.3) is 5.91 Å². The van der Waals surface area contributed by atoms with E-state index >= 15 is 0 Å². The minimum absolute atomic E-state index is 0. The van der Waals surface area contributed by atoms with Crippen molar-refractivity contribution in [3.05, 3.63) is 59.9 Å². The van der Waals surface area contributed by atoms with Crippen molar-refractivity contribution in [3.8, 4) is 11.5 Å². The predicted molar refractivity (Wildman–Crippen MR) is 118 cm³/mol. The molecule has 0 aromatic heterocycles. The Balaban J connectivity index is 0.00000320. The van der Waals surface area contributed by atoms with E-state index in [1.165, 1.54) is 18.6 Å². The predicted octanol–water partition coefficient (Wildman–Crippen LogP) is 4.37. The SMILES string of the molecule is COc1ccc(C(CNC(=O)C(C)Oc2ccccc2F)N2CCCCC2)cc1.Cl. The van der Waals surface area contributed by atoms with Crippen molar-refractivity contribution in [2.75, 3.05) is 26.7 Å². The van der Waals surface area contributed by atoms with Gasteiger partial charge in [-0.15, -0.1) is 12.4 Å². The summed E-state index contributed by atoms with van der Waals surface area (Å²) in [5, 5.41) is 2.99. The average molecular weight is 437 g/mol. The molecule has 1 aliphatic heterocycles. The van der Waals surface area contributed by atoms with Gasteiger partial charge in [-0.05, 0) is 62.7 Å². The molecular weight excluding hydrogens is 407 g/mol. The maximum Gasteiger partial charge on any atom is 0.260 e. The Bertz CT molecular complexity index is 797. The lowest BCUT2D eigenvalue weighted by Crippen LogP contribution is -2.44. The first-order valence-electron chi connectivity index (χ1n) is 10.2. The van der Waals surface area contributed by atoms with Crippen LogP contribution in [0.4, 0.5) is 4.39 Å². The van der Waals surface area contributed by atoms with E-state index in [-0.39, 0.29) is 30.1 Å².